The van der Waals surface area contributed by atoms with Crippen LogP contribution in [0.25, 0.3) is 0 Å². The van der Waals surface area contributed by atoms with Crippen LogP contribution in [0, 0.1) is 0 Å². The molecule has 4 heteroatoms. The van der Waals surface area contributed by atoms with Crippen molar-refractivity contribution < 1.29 is 9.05 Å². The van der Waals surface area contributed by atoms with Gasteiger partial charge in [0.2, 0.25) is 0 Å². The van der Waals surface area contributed by atoms with Gasteiger partial charge >= 0.3 is 0 Å². The first-order valence-corrected chi connectivity index (χ1v) is 6.32. The Kier molecular flexibility index (Phi) is 16.8. The van der Waals surface area contributed by atoms with Crippen LogP contribution in [0.1, 0.15) is 27.7 Å². The minimum Gasteiger partial charge on any atom is -0.332 e. The van der Waals surface area contributed by atoms with E-state index in [1.165, 1.54) is 0 Å². The zero-order valence-corrected chi connectivity index (χ0v) is 12.0. The van der Waals surface area contributed by atoms with Crippen molar-refractivity contribution in [2.45, 2.75) is 39.8 Å². The molecule has 0 spiro atoms. The van der Waals surface area contributed by atoms with Gasteiger partial charge in [0.15, 0.2) is 9.03 Å². The highest BCUT2D eigenvalue weighted by atomic mass is 31.1. The summed E-state index contributed by atoms with van der Waals surface area (Å²) in [7, 11) is 0.103. The fourth-order valence-electron chi connectivity index (χ4n) is 0.894. The predicted molar refractivity (Wildman–Crippen MR) is 74.0 cm³/mol. The lowest BCUT2D eigenvalue weighted by Crippen LogP contribution is -2.29. The zero-order valence-electron chi connectivity index (χ0n) is 11.0. The van der Waals surface area contributed by atoms with Crippen LogP contribution in [-0.2, 0) is 9.05 Å². The van der Waals surface area contributed by atoms with Gasteiger partial charge < -0.3 is 14.4 Å². The van der Waals surface area contributed by atoms with Crippen molar-refractivity contribution in [1.29, 1.82) is 0 Å². The molecule has 0 unspecified atom stereocenters. The van der Waals surface area contributed by atoms with Crippen molar-refractivity contribution in [2.24, 2.45) is 0 Å². The average molecular weight is 247 g/mol. The van der Waals surface area contributed by atoms with Gasteiger partial charge in [0.05, 0.1) is 13.2 Å². The number of hydrogen-bond donors (Lipinski definition) is 1. The summed E-state index contributed by atoms with van der Waals surface area (Å²) in [5.41, 5.74) is 0. The molecule has 0 heterocycles. The highest BCUT2D eigenvalue weighted by Crippen LogP contribution is 2.11. The molecule has 0 atom stereocenters. The highest BCUT2D eigenvalue weighted by molar-refractivity contribution is 7.26. The van der Waals surface area contributed by atoms with Crippen molar-refractivity contribution in [3.8, 4) is 0 Å². The molecule has 3 nitrogen and oxygen atoms in total. The lowest BCUT2D eigenvalue weighted by Gasteiger charge is -2.10. The third-order valence-electron chi connectivity index (χ3n) is 1.19. The largest absolute Gasteiger partial charge is 0.332 e. The van der Waals surface area contributed by atoms with Gasteiger partial charge in [-0.2, -0.15) is 0 Å². The second-order valence-electron chi connectivity index (χ2n) is 3.76. The molecule has 0 aliphatic heterocycles. The van der Waals surface area contributed by atoms with Crippen LogP contribution >= 0.6 is 9.03 Å². The molecule has 16 heavy (non-hydrogen) atoms. The third-order valence-corrected chi connectivity index (χ3v) is 1.76. The Hall–Kier alpha value is -0.210. The maximum Gasteiger partial charge on any atom is 0.155 e. The molecule has 0 rings (SSSR count). The molecular formula is C12H26NO2P. The maximum absolute atomic E-state index is 4.92. The van der Waals surface area contributed by atoms with E-state index in [1.807, 2.05) is 0 Å². The Labute approximate surface area is 102 Å². The fraction of sp³-hybridized carbons (Fsp3) is 0.667. The predicted octanol–water partition coefficient (Wildman–Crippen LogP) is 3.29. The Balaban J connectivity index is 0. The first-order chi connectivity index (χ1) is 7.54. The minimum atomic E-state index is 0.103. The molecule has 0 fully saturated rings. The Morgan fingerprint density at radius 2 is 1.38 bits per heavy atom. The molecular weight excluding hydrogens is 221 g/mol. The van der Waals surface area contributed by atoms with E-state index < -0.39 is 0 Å². The lowest BCUT2D eigenvalue weighted by atomic mass is 10.3. The van der Waals surface area contributed by atoms with Crippen LogP contribution in [0.4, 0.5) is 0 Å². The second kappa shape index (κ2) is 14.8. The van der Waals surface area contributed by atoms with Gasteiger partial charge in [0, 0.05) is 12.1 Å². The molecule has 0 radical (unpaired) electrons. The molecule has 0 saturated carbocycles. The highest BCUT2D eigenvalue weighted by Gasteiger charge is 1.92. The van der Waals surface area contributed by atoms with E-state index in [0.29, 0.717) is 25.3 Å². The van der Waals surface area contributed by atoms with Gasteiger partial charge in [-0.3, -0.25) is 0 Å². The molecule has 96 valence electrons. The Bertz CT molecular complexity index is 145. The summed E-state index contributed by atoms with van der Waals surface area (Å²) in [6, 6.07) is 1.25. The summed E-state index contributed by atoms with van der Waals surface area (Å²) in [6.45, 7) is 16.7. The molecule has 0 aromatic rings. The van der Waals surface area contributed by atoms with Crippen LogP contribution in [0.5, 0.6) is 0 Å². The summed E-state index contributed by atoms with van der Waals surface area (Å²) in [5.74, 6) is 0. The van der Waals surface area contributed by atoms with E-state index in [1.54, 1.807) is 12.2 Å². The molecule has 0 aromatic carbocycles. The van der Waals surface area contributed by atoms with E-state index in [-0.39, 0.29) is 9.03 Å². The van der Waals surface area contributed by atoms with E-state index in [9.17, 15) is 0 Å². The first kappa shape index (κ1) is 18.2. The maximum atomic E-state index is 4.92. The van der Waals surface area contributed by atoms with E-state index in [2.05, 4.69) is 46.2 Å². The van der Waals surface area contributed by atoms with Gasteiger partial charge in [-0.15, -0.1) is 13.2 Å². The standard InChI is InChI=1S/C6H15N.C6H11O2P/c1-5(2)7-6(3)4;1-3-5-7-9-8-6-4-2/h5-7H,1-4H3;3-4,9H,1-2,5-6H2. The Morgan fingerprint density at radius 1 is 1.00 bits per heavy atom. The molecule has 0 aliphatic carbocycles. The van der Waals surface area contributed by atoms with E-state index >= 15 is 0 Å². The summed E-state index contributed by atoms with van der Waals surface area (Å²) in [6.07, 6.45) is 3.37. The third kappa shape index (κ3) is 23.5. The van der Waals surface area contributed by atoms with Gasteiger partial charge in [0.1, 0.15) is 0 Å². The molecule has 0 aliphatic rings. The zero-order chi connectivity index (χ0) is 12.8. The molecule has 0 aromatic heterocycles. The van der Waals surface area contributed by atoms with E-state index in [0.717, 1.165) is 0 Å². The molecule has 0 saturated heterocycles. The summed E-state index contributed by atoms with van der Waals surface area (Å²) in [4.78, 5) is 0. The van der Waals surface area contributed by atoms with Crippen molar-refractivity contribution in [3.05, 3.63) is 25.3 Å². The van der Waals surface area contributed by atoms with Crippen LogP contribution < -0.4 is 5.32 Å². The normalized spacial score (nSPS) is 9.88. The van der Waals surface area contributed by atoms with Gasteiger partial charge in [0.25, 0.3) is 0 Å². The van der Waals surface area contributed by atoms with Gasteiger partial charge in [-0.1, -0.05) is 39.8 Å². The van der Waals surface area contributed by atoms with Gasteiger partial charge in [-0.25, -0.2) is 0 Å². The van der Waals surface area contributed by atoms with Crippen LogP contribution in [0.2, 0.25) is 0 Å². The number of hydrogen-bond acceptors (Lipinski definition) is 3. The van der Waals surface area contributed by atoms with Gasteiger partial charge in [-0.05, 0) is 0 Å². The van der Waals surface area contributed by atoms with Crippen LogP contribution in [0.15, 0.2) is 25.3 Å². The fourth-order valence-corrected chi connectivity index (χ4v) is 1.35. The molecule has 0 bridgehead atoms. The quantitative estimate of drug-likeness (QED) is 0.405. The summed E-state index contributed by atoms with van der Waals surface area (Å²) in [5, 5.41) is 3.31. The monoisotopic (exact) mass is 247 g/mol. The first-order valence-electron chi connectivity index (χ1n) is 5.51. The van der Waals surface area contributed by atoms with Crippen LogP contribution in [0.3, 0.4) is 0 Å². The molecule has 0 amide bonds. The summed E-state index contributed by atoms with van der Waals surface area (Å²) >= 11 is 0. The summed E-state index contributed by atoms with van der Waals surface area (Å²) < 4.78 is 9.85. The number of nitrogens with one attached hydrogen (secondary N) is 1. The van der Waals surface area contributed by atoms with Crippen molar-refractivity contribution in [2.75, 3.05) is 13.2 Å². The van der Waals surface area contributed by atoms with E-state index in [4.69, 9.17) is 9.05 Å². The van der Waals surface area contributed by atoms with Crippen molar-refractivity contribution in [1.82, 2.24) is 5.32 Å². The van der Waals surface area contributed by atoms with Crippen molar-refractivity contribution in [3.63, 3.8) is 0 Å². The second-order valence-corrected chi connectivity index (χ2v) is 4.50. The van der Waals surface area contributed by atoms with Crippen molar-refractivity contribution >= 4 is 9.03 Å². The average Bonchev–Trinajstić information content (AvgIpc) is 2.16. The smallest absolute Gasteiger partial charge is 0.155 e. The number of rotatable bonds is 8. The topological polar surface area (TPSA) is 30.5 Å². The molecule has 1 N–H and O–H groups in total. The van der Waals surface area contributed by atoms with Crippen LogP contribution in [-0.4, -0.2) is 25.3 Å². The SMILES string of the molecule is C=CCOPOCC=C.CC(C)NC(C)C. The minimum absolute atomic E-state index is 0.103. The lowest BCUT2D eigenvalue weighted by molar-refractivity contribution is 0.310. The Morgan fingerprint density at radius 3 is 1.56 bits per heavy atom.